The van der Waals surface area contributed by atoms with Crippen molar-refractivity contribution in [1.29, 1.82) is 0 Å². The molecule has 0 bridgehead atoms. The lowest BCUT2D eigenvalue weighted by molar-refractivity contribution is -0.139. The first-order valence-electron chi connectivity index (χ1n) is 7.54. The van der Waals surface area contributed by atoms with Gasteiger partial charge in [0.25, 0.3) is 0 Å². The number of carbonyl (C=O) groups excluding carboxylic acids is 1. The number of benzene rings is 1. The zero-order valence-electron chi connectivity index (χ0n) is 14.1. The summed E-state index contributed by atoms with van der Waals surface area (Å²) in [6.45, 7) is 9.19. The summed E-state index contributed by atoms with van der Waals surface area (Å²) in [6, 6.07) is 8.58. The molecule has 5 heteroatoms. The number of aliphatic carboxylic acids is 1. The monoisotopic (exact) mass is 309 g/mol. The van der Waals surface area contributed by atoms with Gasteiger partial charge >= 0.3 is 12.1 Å². The molecule has 0 radical (unpaired) electrons. The number of rotatable bonds is 5. The molecule has 0 spiro atoms. The molecule has 22 heavy (non-hydrogen) atoms. The molecule has 1 amide bonds. The van der Waals surface area contributed by atoms with Crippen LogP contribution in [0.5, 0.6) is 0 Å². The van der Waals surface area contributed by atoms with E-state index in [0.717, 1.165) is 5.56 Å². The van der Waals surface area contributed by atoms with E-state index in [1.165, 1.54) is 0 Å². The highest BCUT2D eigenvalue weighted by molar-refractivity contribution is 5.80. The van der Waals surface area contributed by atoms with Crippen molar-refractivity contribution in [3.8, 4) is 0 Å². The van der Waals surface area contributed by atoms with Crippen molar-refractivity contribution in [3.05, 3.63) is 35.9 Å². The Balaban J connectivity index is 0.00000211. The molecule has 0 unspecified atom stereocenters. The van der Waals surface area contributed by atoms with Gasteiger partial charge in [-0.25, -0.2) is 9.59 Å². The normalized spacial score (nSPS) is 11.7. The molecule has 5 nitrogen and oxygen atoms in total. The van der Waals surface area contributed by atoms with Crippen LogP contribution >= 0.6 is 0 Å². The lowest BCUT2D eigenvalue weighted by atomic mass is 10.1. The summed E-state index contributed by atoms with van der Waals surface area (Å²) in [5, 5.41) is 11.5. The van der Waals surface area contributed by atoms with Gasteiger partial charge in [-0.05, 0) is 39.2 Å². The Bertz CT molecular complexity index is 451. The van der Waals surface area contributed by atoms with Gasteiger partial charge in [-0.1, -0.05) is 44.2 Å². The number of hydrogen-bond acceptors (Lipinski definition) is 3. The predicted molar refractivity (Wildman–Crippen MR) is 86.9 cm³/mol. The van der Waals surface area contributed by atoms with E-state index >= 15 is 0 Å². The molecule has 0 heterocycles. The largest absolute Gasteiger partial charge is 0.480 e. The van der Waals surface area contributed by atoms with Crippen molar-refractivity contribution in [2.45, 2.75) is 59.1 Å². The van der Waals surface area contributed by atoms with Crippen molar-refractivity contribution in [1.82, 2.24) is 5.32 Å². The topological polar surface area (TPSA) is 75.6 Å². The van der Waals surface area contributed by atoms with E-state index in [4.69, 9.17) is 9.84 Å². The minimum absolute atomic E-state index is 0.318. The van der Waals surface area contributed by atoms with Gasteiger partial charge in [0, 0.05) is 0 Å². The number of alkyl carbamates (subject to hydrolysis) is 1. The first-order chi connectivity index (χ1) is 10.3. The molecule has 0 aliphatic rings. The number of carboxylic acid groups (broad SMARTS) is 1. The summed E-state index contributed by atoms with van der Waals surface area (Å²) in [7, 11) is 0. The first-order valence-corrected chi connectivity index (χ1v) is 7.54. The Hall–Kier alpha value is -2.04. The van der Waals surface area contributed by atoms with Gasteiger partial charge in [0.15, 0.2) is 0 Å². The lowest BCUT2D eigenvalue weighted by Gasteiger charge is -2.22. The second-order valence-electron chi connectivity index (χ2n) is 5.56. The fraction of sp³-hybridized carbons (Fsp3) is 0.529. The molecule has 2 N–H and O–H groups in total. The van der Waals surface area contributed by atoms with Crippen LogP contribution in [-0.4, -0.2) is 28.8 Å². The second kappa shape index (κ2) is 9.82. The van der Waals surface area contributed by atoms with Gasteiger partial charge in [0.2, 0.25) is 0 Å². The van der Waals surface area contributed by atoms with Gasteiger partial charge in [-0.2, -0.15) is 0 Å². The predicted octanol–water partition coefficient (Wildman–Crippen LogP) is 3.62. The zero-order chi connectivity index (χ0) is 17.2. The summed E-state index contributed by atoms with van der Waals surface area (Å²) in [6.07, 6.45) is 0.185. The number of carbonyl (C=O) groups is 2. The van der Waals surface area contributed by atoms with Gasteiger partial charge in [-0.3, -0.25) is 0 Å². The molecule has 1 rings (SSSR count). The summed E-state index contributed by atoms with van der Waals surface area (Å²) in [5.74, 6) is -1.06. The Morgan fingerprint density at radius 3 is 2.18 bits per heavy atom. The van der Waals surface area contributed by atoms with E-state index in [-0.39, 0.29) is 0 Å². The number of nitrogens with one attached hydrogen (secondary N) is 1. The van der Waals surface area contributed by atoms with E-state index in [9.17, 15) is 9.59 Å². The number of aryl methyl sites for hydroxylation is 1. The average molecular weight is 309 g/mol. The van der Waals surface area contributed by atoms with Crippen LogP contribution in [0.25, 0.3) is 0 Å². The molecule has 0 aromatic heterocycles. The standard InChI is InChI=1S/C15H21NO4.C2H6/c1-15(2,3)20-14(19)16-12(13(17)18)10-9-11-7-5-4-6-8-11;1-2/h4-8,12H,9-10H2,1-3H3,(H,16,19)(H,17,18);1-2H3/t12-;/m0./s1. The van der Waals surface area contributed by atoms with Crippen LogP contribution in [-0.2, 0) is 16.0 Å². The fourth-order valence-electron chi connectivity index (χ4n) is 1.66. The summed E-state index contributed by atoms with van der Waals surface area (Å²) < 4.78 is 5.06. The summed E-state index contributed by atoms with van der Waals surface area (Å²) in [5.41, 5.74) is 0.386. The Kier molecular flexibility index (Phi) is 8.91. The molecule has 0 fully saturated rings. The molecule has 0 saturated carbocycles. The zero-order valence-corrected chi connectivity index (χ0v) is 14.1. The molecule has 124 valence electrons. The maximum absolute atomic E-state index is 11.6. The fourth-order valence-corrected chi connectivity index (χ4v) is 1.66. The van der Waals surface area contributed by atoms with Gasteiger partial charge < -0.3 is 15.2 Å². The van der Waals surface area contributed by atoms with Crippen LogP contribution in [0.2, 0.25) is 0 Å². The highest BCUT2D eigenvalue weighted by Crippen LogP contribution is 2.09. The molecule has 1 aromatic rings. The molecule has 0 aliphatic carbocycles. The lowest BCUT2D eigenvalue weighted by Crippen LogP contribution is -2.43. The van der Waals surface area contributed by atoms with E-state index in [1.807, 2.05) is 44.2 Å². The molecule has 1 aromatic carbocycles. The van der Waals surface area contributed by atoms with Gasteiger partial charge in [0.1, 0.15) is 11.6 Å². The second-order valence-corrected chi connectivity index (χ2v) is 5.56. The molecular formula is C17H27NO4. The summed E-state index contributed by atoms with van der Waals surface area (Å²) in [4.78, 5) is 22.7. The van der Waals surface area contributed by atoms with Crippen molar-refractivity contribution in [2.75, 3.05) is 0 Å². The molecule has 0 aliphatic heterocycles. The van der Waals surface area contributed by atoms with E-state index < -0.39 is 23.7 Å². The van der Waals surface area contributed by atoms with Crippen molar-refractivity contribution < 1.29 is 19.4 Å². The Morgan fingerprint density at radius 1 is 1.18 bits per heavy atom. The minimum atomic E-state index is -1.06. The highest BCUT2D eigenvalue weighted by Gasteiger charge is 2.23. The van der Waals surface area contributed by atoms with Crippen LogP contribution in [0.4, 0.5) is 4.79 Å². The van der Waals surface area contributed by atoms with E-state index in [2.05, 4.69) is 5.32 Å². The number of ether oxygens (including phenoxy) is 1. The smallest absolute Gasteiger partial charge is 0.408 e. The quantitative estimate of drug-likeness (QED) is 0.871. The van der Waals surface area contributed by atoms with Crippen LogP contribution < -0.4 is 5.32 Å². The third-order valence-electron chi connectivity index (χ3n) is 2.55. The van der Waals surface area contributed by atoms with Crippen LogP contribution in [0.1, 0.15) is 46.6 Å². The van der Waals surface area contributed by atoms with E-state index in [1.54, 1.807) is 20.8 Å². The third-order valence-corrected chi connectivity index (χ3v) is 2.55. The number of amides is 1. The SMILES string of the molecule is CC.CC(C)(C)OC(=O)N[C@@H](CCc1ccccc1)C(=O)O. The highest BCUT2D eigenvalue weighted by atomic mass is 16.6. The third kappa shape index (κ3) is 9.00. The minimum Gasteiger partial charge on any atom is -0.480 e. The maximum Gasteiger partial charge on any atom is 0.408 e. The first kappa shape index (κ1) is 20.0. The van der Waals surface area contributed by atoms with Gasteiger partial charge in [-0.15, -0.1) is 0 Å². The Morgan fingerprint density at radius 2 is 1.73 bits per heavy atom. The van der Waals surface area contributed by atoms with E-state index in [0.29, 0.717) is 12.8 Å². The van der Waals surface area contributed by atoms with Crippen molar-refractivity contribution in [3.63, 3.8) is 0 Å². The molecule has 1 atom stereocenters. The maximum atomic E-state index is 11.6. The average Bonchev–Trinajstić information content (AvgIpc) is 2.44. The summed E-state index contributed by atoms with van der Waals surface area (Å²) >= 11 is 0. The number of hydrogen-bond donors (Lipinski definition) is 2. The van der Waals surface area contributed by atoms with Crippen molar-refractivity contribution in [2.24, 2.45) is 0 Å². The van der Waals surface area contributed by atoms with Crippen LogP contribution in [0.3, 0.4) is 0 Å². The molecular weight excluding hydrogens is 282 g/mol. The molecule has 0 saturated heterocycles. The van der Waals surface area contributed by atoms with Crippen molar-refractivity contribution >= 4 is 12.1 Å². The number of carboxylic acids is 1. The van der Waals surface area contributed by atoms with Gasteiger partial charge in [0.05, 0.1) is 0 Å². The van der Waals surface area contributed by atoms with Crippen LogP contribution in [0, 0.1) is 0 Å². The Labute approximate surface area is 132 Å². The van der Waals surface area contributed by atoms with Crippen LogP contribution in [0.15, 0.2) is 30.3 Å².